The second-order valence-corrected chi connectivity index (χ2v) is 13.1. The number of aryl methyl sites for hydroxylation is 1. The molecule has 8 nitrogen and oxygen atoms in total. The van der Waals surface area contributed by atoms with Gasteiger partial charge in [-0.2, -0.15) is 4.31 Å². The molecule has 1 amide bonds. The predicted octanol–water partition coefficient (Wildman–Crippen LogP) is 4.38. The lowest BCUT2D eigenvalue weighted by molar-refractivity contribution is -0.116. The first-order valence-electron chi connectivity index (χ1n) is 10.6. The van der Waals surface area contributed by atoms with Crippen LogP contribution in [0.2, 0.25) is 10.0 Å². The molecule has 192 valence electrons. The Morgan fingerprint density at radius 3 is 2.08 bits per heavy atom. The normalized spacial score (nSPS) is 12.2. The Labute approximate surface area is 221 Å². The molecule has 0 aliphatic heterocycles. The fourth-order valence-corrected chi connectivity index (χ4v) is 5.93. The minimum atomic E-state index is -4.10. The number of sulfonamides is 2. The Morgan fingerprint density at radius 2 is 1.47 bits per heavy atom. The van der Waals surface area contributed by atoms with Crippen LogP contribution in [0.5, 0.6) is 0 Å². The second kappa shape index (κ2) is 11.3. The molecule has 0 aliphatic rings. The van der Waals surface area contributed by atoms with E-state index >= 15 is 0 Å². The lowest BCUT2D eigenvalue weighted by Crippen LogP contribution is -2.37. The van der Waals surface area contributed by atoms with Gasteiger partial charge in [-0.1, -0.05) is 41.4 Å². The van der Waals surface area contributed by atoms with Crippen LogP contribution in [-0.2, 0) is 31.4 Å². The van der Waals surface area contributed by atoms with Gasteiger partial charge in [-0.3, -0.25) is 4.79 Å². The third kappa shape index (κ3) is 6.64. The van der Waals surface area contributed by atoms with Crippen molar-refractivity contribution in [3.63, 3.8) is 0 Å². The van der Waals surface area contributed by atoms with Crippen LogP contribution in [0, 0.1) is 6.92 Å². The molecular formula is C24H25Cl2N3O5S2. The number of rotatable bonds is 9. The van der Waals surface area contributed by atoms with Crippen LogP contribution < -0.4 is 5.32 Å². The van der Waals surface area contributed by atoms with Crippen LogP contribution in [0.1, 0.15) is 11.1 Å². The average Bonchev–Trinajstić information content (AvgIpc) is 2.80. The molecule has 0 aliphatic carbocycles. The van der Waals surface area contributed by atoms with Gasteiger partial charge >= 0.3 is 0 Å². The van der Waals surface area contributed by atoms with Crippen LogP contribution in [0.4, 0.5) is 5.69 Å². The number of carbonyl (C=O) groups is 1. The van der Waals surface area contributed by atoms with Crippen LogP contribution in [0.15, 0.2) is 76.5 Å². The maximum atomic E-state index is 13.4. The molecule has 0 unspecified atom stereocenters. The van der Waals surface area contributed by atoms with Crippen molar-refractivity contribution in [3.05, 3.63) is 87.9 Å². The van der Waals surface area contributed by atoms with Gasteiger partial charge in [0.1, 0.15) is 0 Å². The molecule has 0 aromatic heterocycles. The van der Waals surface area contributed by atoms with Gasteiger partial charge in [0.05, 0.1) is 16.3 Å². The minimum Gasteiger partial charge on any atom is -0.325 e. The summed E-state index contributed by atoms with van der Waals surface area (Å²) < 4.78 is 54.0. The molecule has 1 N–H and O–H groups in total. The van der Waals surface area contributed by atoms with Gasteiger partial charge in [-0.15, -0.1) is 0 Å². The third-order valence-corrected chi connectivity index (χ3v) is 9.39. The van der Waals surface area contributed by atoms with Crippen LogP contribution >= 0.6 is 23.2 Å². The highest BCUT2D eigenvalue weighted by Gasteiger charge is 2.27. The molecule has 0 heterocycles. The Bertz CT molecular complexity index is 1480. The number of halogens is 2. The van der Waals surface area contributed by atoms with Crippen LogP contribution in [-0.4, -0.2) is 52.0 Å². The van der Waals surface area contributed by atoms with E-state index < -0.39 is 32.5 Å². The van der Waals surface area contributed by atoms with Gasteiger partial charge < -0.3 is 5.32 Å². The summed E-state index contributed by atoms with van der Waals surface area (Å²) in [4.78, 5) is 13.0. The highest BCUT2D eigenvalue weighted by molar-refractivity contribution is 7.89. The van der Waals surface area contributed by atoms with E-state index in [1.54, 1.807) is 37.3 Å². The quantitative estimate of drug-likeness (QED) is 0.411. The summed E-state index contributed by atoms with van der Waals surface area (Å²) in [5.41, 5.74) is 1.46. The average molecular weight is 571 g/mol. The van der Waals surface area contributed by atoms with E-state index in [1.165, 1.54) is 50.5 Å². The summed E-state index contributed by atoms with van der Waals surface area (Å²) in [5, 5.41) is 3.44. The lowest BCUT2D eigenvalue weighted by atomic mass is 10.2. The number of nitrogens with one attached hydrogen (secondary N) is 1. The minimum absolute atomic E-state index is 0.00188. The molecule has 0 spiro atoms. The van der Waals surface area contributed by atoms with Gasteiger partial charge in [-0.25, -0.2) is 21.1 Å². The molecule has 3 rings (SSSR count). The Balaban J connectivity index is 1.92. The van der Waals surface area contributed by atoms with E-state index in [2.05, 4.69) is 5.32 Å². The summed E-state index contributed by atoms with van der Waals surface area (Å²) in [6, 6.07) is 16.6. The fourth-order valence-electron chi connectivity index (χ4n) is 3.28. The zero-order valence-electron chi connectivity index (χ0n) is 19.8. The Hall–Kier alpha value is -2.47. The van der Waals surface area contributed by atoms with E-state index in [9.17, 15) is 21.6 Å². The molecule has 0 radical (unpaired) electrons. The van der Waals surface area contributed by atoms with Gasteiger partial charge in [0.15, 0.2) is 0 Å². The molecule has 12 heteroatoms. The third-order valence-electron chi connectivity index (χ3n) is 5.28. The molecule has 0 saturated heterocycles. The van der Waals surface area contributed by atoms with Gasteiger partial charge in [-0.05, 0) is 66.6 Å². The molecule has 0 atom stereocenters. The molecule has 3 aromatic carbocycles. The summed E-state index contributed by atoms with van der Waals surface area (Å²) >= 11 is 12.0. The maximum Gasteiger partial charge on any atom is 0.243 e. The SMILES string of the molecule is Cc1ccc(S(=O)(=O)N(C)C)cc1NC(=O)CN(Cc1cccc(Cl)c1)S(=O)(=O)c1ccc(Cl)cc1. The summed E-state index contributed by atoms with van der Waals surface area (Å²) in [6.07, 6.45) is 0. The van der Waals surface area contributed by atoms with Crippen molar-refractivity contribution in [2.75, 3.05) is 26.0 Å². The topological polar surface area (TPSA) is 104 Å². The van der Waals surface area contributed by atoms with Crippen molar-refractivity contribution in [3.8, 4) is 0 Å². The highest BCUT2D eigenvalue weighted by Crippen LogP contribution is 2.24. The van der Waals surface area contributed by atoms with Crippen molar-refractivity contribution >= 4 is 54.8 Å². The number of anilines is 1. The van der Waals surface area contributed by atoms with Crippen molar-refractivity contribution < 1.29 is 21.6 Å². The number of hydrogen-bond donors (Lipinski definition) is 1. The highest BCUT2D eigenvalue weighted by atomic mass is 35.5. The monoisotopic (exact) mass is 569 g/mol. The molecular weight excluding hydrogens is 545 g/mol. The molecule has 0 saturated carbocycles. The van der Waals surface area contributed by atoms with Crippen molar-refractivity contribution in [1.82, 2.24) is 8.61 Å². The van der Waals surface area contributed by atoms with E-state index in [-0.39, 0.29) is 22.0 Å². The summed E-state index contributed by atoms with van der Waals surface area (Å²) in [6.45, 7) is 1.06. The summed E-state index contributed by atoms with van der Waals surface area (Å²) in [7, 11) is -5.02. The zero-order valence-corrected chi connectivity index (χ0v) is 22.9. The Kier molecular flexibility index (Phi) is 8.81. The van der Waals surface area contributed by atoms with E-state index in [0.29, 0.717) is 21.2 Å². The first-order chi connectivity index (χ1) is 16.8. The van der Waals surface area contributed by atoms with Gasteiger partial charge in [0.2, 0.25) is 26.0 Å². The van der Waals surface area contributed by atoms with Gasteiger partial charge in [0, 0.05) is 36.4 Å². The zero-order chi connectivity index (χ0) is 26.7. The first-order valence-corrected chi connectivity index (χ1v) is 14.3. The number of amides is 1. The molecule has 36 heavy (non-hydrogen) atoms. The van der Waals surface area contributed by atoms with Crippen molar-refractivity contribution in [2.24, 2.45) is 0 Å². The first kappa shape index (κ1) is 28.1. The van der Waals surface area contributed by atoms with Crippen LogP contribution in [0.3, 0.4) is 0 Å². The summed E-state index contributed by atoms with van der Waals surface area (Å²) in [5.74, 6) is -0.642. The van der Waals surface area contributed by atoms with E-state index in [0.717, 1.165) is 8.61 Å². The number of carbonyl (C=O) groups excluding carboxylic acids is 1. The van der Waals surface area contributed by atoms with Crippen LogP contribution in [0.25, 0.3) is 0 Å². The fraction of sp³-hybridized carbons (Fsp3) is 0.208. The smallest absolute Gasteiger partial charge is 0.243 e. The Morgan fingerprint density at radius 1 is 0.833 bits per heavy atom. The number of hydrogen-bond acceptors (Lipinski definition) is 5. The van der Waals surface area contributed by atoms with Crippen molar-refractivity contribution in [1.29, 1.82) is 0 Å². The maximum absolute atomic E-state index is 13.4. The second-order valence-electron chi connectivity index (χ2n) is 8.17. The van der Waals surface area contributed by atoms with Crippen molar-refractivity contribution in [2.45, 2.75) is 23.3 Å². The largest absolute Gasteiger partial charge is 0.325 e. The van der Waals surface area contributed by atoms with E-state index in [4.69, 9.17) is 23.2 Å². The van der Waals surface area contributed by atoms with E-state index in [1.807, 2.05) is 0 Å². The number of nitrogens with zero attached hydrogens (tertiary/aromatic N) is 2. The molecule has 0 bridgehead atoms. The molecule has 0 fully saturated rings. The lowest BCUT2D eigenvalue weighted by Gasteiger charge is -2.22. The van der Waals surface area contributed by atoms with Gasteiger partial charge in [0.25, 0.3) is 0 Å². The number of benzene rings is 3. The molecule has 3 aromatic rings. The standard InChI is InChI=1S/C24H25Cl2N3O5S2/c1-17-7-10-22(35(31,32)28(2)3)14-23(17)27-24(30)16-29(15-18-5-4-6-20(26)13-18)36(33,34)21-11-8-19(25)9-12-21/h4-14H,15-16H2,1-3H3,(H,27,30). The predicted molar refractivity (Wildman–Crippen MR) is 141 cm³/mol.